The van der Waals surface area contributed by atoms with Gasteiger partial charge >= 0.3 is 0 Å². The van der Waals surface area contributed by atoms with Gasteiger partial charge < -0.3 is 4.57 Å². The molecule has 1 aromatic heterocycles. The van der Waals surface area contributed by atoms with E-state index < -0.39 is 0 Å². The molecule has 1 heterocycles. The summed E-state index contributed by atoms with van der Waals surface area (Å²) >= 11 is 0. The van der Waals surface area contributed by atoms with Crippen molar-refractivity contribution in [2.45, 2.75) is 0 Å². The van der Waals surface area contributed by atoms with E-state index in [4.69, 9.17) is 0 Å². The van der Waals surface area contributed by atoms with E-state index in [9.17, 15) is 10.5 Å². The summed E-state index contributed by atoms with van der Waals surface area (Å²) < 4.78 is 2.24. The van der Waals surface area contributed by atoms with E-state index in [-0.39, 0.29) is 0 Å². The summed E-state index contributed by atoms with van der Waals surface area (Å²) in [5.74, 6) is 0. The van der Waals surface area contributed by atoms with E-state index in [1.165, 1.54) is 5.56 Å². The van der Waals surface area contributed by atoms with Crippen LogP contribution in [0.4, 0.5) is 0 Å². The highest BCUT2D eigenvalue weighted by molar-refractivity contribution is 6.23. The Morgan fingerprint density at radius 3 is 1.49 bits per heavy atom. The van der Waals surface area contributed by atoms with Gasteiger partial charge in [0.25, 0.3) is 0 Å². The summed E-state index contributed by atoms with van der Waals surface area (Å²) in [5.41, 5.74) is 10.2. The van der Waals surface area contributed by atoms with Crippen LogP contribution in [0.25, 0.3) is 82.4 Å². The number of hydrogen-bond acceptors (Lipinski definition) is 2. The molecule has 0 spiro atoms. The first-order valence-corrected chi connectivity index (χ1v) is 16.3. The molecule has 0 unspecified atom stereocenters. The molecule has 9 aromatic rings. The maximum atomic E-state index is 10.7. The summed E-state index contributed by atoms with van der Waals surface area (Å²) in [7, 11) is 0. The fourth-order valence-corrected chi connectivity index (χ4v) is 7.63. The van der Waals surface area contributed by atoms with Crippen LogP contribution in [-0.2, 0) is 0 Å². The third-order valence-electron chi connectivity index (χ3n) is 9.63. The molecule has 0 atom stereocenters. The molecule has 226 valence electrons. The minimum Gasteiger partial charge on any atom is -0.309 e. The van der Waals surface area contributed by atoms with Gasteiger partial charge in [0.2, 0.25) is 0 Å². The van der Waals surface area contributed by atoms with Gasteiger partial charge in [-0.15, -0.1) is 0 Å². The Balaban J connectivity index is 1.39. The Morgan fingerprint density at radius 1 is 0.388 bits per heavy atom. The average molecular weight is 622 g/mol. The standard InChI is InChI=1S/C46H27N3/c47-28-30-25-33(27-34(26-30)49-42-23-10-8-16-36(42)37-17-9-11-24-43(37)49)35-22-12-15-32(29-48)45(35)46-40-20-6-4-18-38(40)44(31-13-2-1-3-14-31)39-19-5-7-21-41(39)46/h1-27H. The number of nitrogens with zero attached hydrogens (tertiary/aromatic N) is 3. The zero-order chi connectivity index (χ0) is 32.9. The number of aromatic nitrogens is 1. The zero-order valence-electron chi connectivity index (χ0n) is 26.4. The summed E-state index contributed by atoms with van der Waals surface area (Å²) in [5, 5.41) is 27.7. The van der Waals surface area contributed by atoms with Crippen LogP contribution in [0, 0.1) is 22.7 Å². The number of fused-ring (bicyclic) bond motifs is 5. The van der Waals surface area contributed by atoms with Crippen molar-refractivity contribution < 1.29 is 0 Å². The zero-order valence-corrected chi connectivity index (χ0v) is 26.4. The van der Waals surface area contributed by atoms with Gasteiger partial charge in [0, 0.05) is 22.0 Å². The van der Waals surface area contributed by atoms with Gasteiger partial charge in [-0.05, 0) is 85.8 Å². The molecule has 0 saturated carbocycles. The highest BCUT2D eigenvalue weighted by Gasteiger charge is 2.22. The Bertz CT molecular complexity index is 2740. The second-order valence-corrected chi connectivity index (χ2v) is 12.3. The van der Waals surface area contributed by atoms with Gasteiger partial charge in [0.15, 0.2) is 0 Å². The summed E-state index contributed by atoms with van der Waals surface area (Å²) in [6.07, 6.45) is 0. The molecule has 0 saturated heterocycles. The van der Waals surface area contributed by atoms with Crippen LogP contribution in [-0.4, -0.2) is 4.57 Å². The Hall–Kier alpha value is -6.94. The normalized spacial score (nSPS) is 11.2. The monoisotopic (exact) mass is 621 g/mol. The molecule has 0 aliphatic carbocycles. The van der Waals surface area contributed by atoms with E-state index in [0.717, 1.165) is 76.9 Å². The quantitative estimate of drug-likeness (QED) is 0.184. The van der Waals surface area contributed by atoms with Gasteiger partial charge in [0.1, 0.15) is 0 Å². The molecule has 0 aliphatic rings. The molecule has 3 nitrogen and oxygen atoms in total. The Morgan fingerprint density at radius 2 is 0.918 bits per heavy atom. The smallest absolute Gasteiger partial charge is 0.0998 e. The molecule has 0 bridgehead atoms. The van der Waals surface area contributed by atoms with Gasteiger partial charge in [-0.3, -0.25) is 0 Å². The number of nitriles is 2. The second-order valence-electron chi connectivity index (χ2n) is 12.3. The topological polar surface area (TPSA) is 52.5 Å². The maximum absolute atomic E-state index is 10.7. The second kappa shape index (κ2) is 11.4. The molecule has 0 fully saturated rings. The average Bonchev–Trinajstić information content (AvgIpc) is 3.51. The molecule has 0 radical (unpaired) electrons. The first kappa shape index (κ1) is 28.3. The van der Waals surface area contributed by atoms with Gasteiger partial charge in [-0.1, -0.05) is 127 Å². The molecule has 0 amide bonds. The molecule has 8 aromatic carbocycles. The number of para-hydroxylation sites is 2. The third-order valence-corrected chi connectivity index (χ3v) is 9.63. The molecule has 0 N–H and O–H groups in total. The Kier molecular flexibility index (Phi) is 6.58. The highest BCUT2D eigenvalue weighted by Crippen LogP contribution is 2.47. The van der Waals surface area contributed by atoms with E-state index >= 15 is 0 Å². The summed E-state index contributed by atoms with van der Waals surface area (Å²) in [4.78, 5) is 0. The van der Waals surface area contributed by atoms with E-state index in [0.29, 0.717) is 11.1 Å². The van der Waals surface area contributed by atoms with Crippen molar-refractivity contribution in [1.29, 1.82) is 10.5 Å². The minimum atomic E-state index is 0.553. The Labute approximate surface area is 283 Å². The van der Waals surface area contributed by atoms with Crippen molar-refractivity contribution in [3.05, 3.63) is 175 Å². The summed E-state index contributed by atoms with van der Waals surface area (Å²) in [6.45, 7) is 0. The van der Waals surface area contributed by atoms with Crippen LogP contribution >= 0.6 is 0 Å². The lowest BCUT2D eigenvalue weighted by molar-refractivity contribution is 1.18. The molecule has 3 heteroatoms. The molecule has 9 rings (SSSR count). The van der Waals surface area contributed by atoms with E-state index in [1.54, 1.807) is 0 Å². The lowest BCUT2D eigenvalue weighted by Gasteiger charge is -2.21. The molecule has 49 heavy (non-hydrogen) atoms. The van der Waals surface area contributed by atoms with Crippen molar-refractivity contribution >= 4 is 43.4 Å². The van der Waals surface area contributed by atoms with Crippen molar-refractivity contribution in [3.8, 4) is 51.2 Å². The molecule has 0 aliphatic heterocycles. The molecular weight excluding hydrogens is 595 g/mol. The highest BCUT2D eigenvalue weighted by atomic mass is 15.0. The largest absolute Gasteiger partial charge is 0.309 e. The van der Waals surface area contributed by atoms with Crippen molar-refractivity contribution in [2.24, 2.45) is 0 Å². The lowest BCUT2D eigenvalue weighted by Crippen LogP contribution is -1.98. The molecular formula is C46H27N3. The van der Waals surface area contributed by atoms with Gasteiger partial charge in [-0.25, -0.2) is 0 Å². The van der Waals surface area contributed by atoms with Crippen LogP contribution < -0.4 is 0 Å². The predicted octanol–water partition coefficient (Wildman–Crippen LogP) is 11.8. The summed E-state index contributed by atoms with van der Waals surface area (Å²) in [6, 6.07) is 61.2. The van der Waals surface area contributed by atoms with Gasteiger partial charge in [-0.2, -0.15) is 10.5 Å². The number of benzene rings is 8. The lowest BCUT2D eigenvalue weighted by atomic mass is 9.82. The van der Waals surface area contributed by atoms with E-state index in [1.807, 2.05) is 30.3 Å². The SMILES string of the molecule is N#Cc1cc(-c2cccc(C#N)c2-c2c3ccccc3c(-c3ccccc3)c3ccccc23)cc(-n2c3ccccc3c3ccccc32)c1. The fraction of sp³-hybridized carbons (Fsp3) is 0. The maximum Gasteiger partial charge on any atom is 0.0998 e. The van der Waals surface area contributed by atoms with Crippen LogP contribution in [0.2, 0.25) is 0 Å². The van der Waals surface area contributed by atoms with Crippen LogP contribution in [0.15, 0.2) is 164 Å². The van der Waals surface area contributed by atoms with Crippen LogP contribution in [0.5, 0.6) is 0 Å². The van der Waals surface area contributed by atoms with Crippen molar-refractivity contribution in [3.63, 3.8) is 0 Å². The first-order valence-electron chi connectivity index (χ1n) is 16.3. The van der Waals surface area contributed by atoms with Crippen molar-refractivity contribution in [2.75, 3.05) is 0 Å². The fourth-order valence-electron chi connectivity index (χ4n) is 7.63. The van der Waals surface area contributed by atoms with E-state index in [2.05, 4.69) is 150 Å². The first-order chi connectivity index (χ1) is 24.2. The number of hydrogen-bond donors (Lipinski definition) is 0. The van der Waals surface area contributed by atoms with Crippen LogP contribution in [0.1, 0.15) is 11.1 Å². The van der Waals surface area contributed by atoms with Crippen molar-refractivity contribution in [1.82, 2.24) is 4.57 Å². The minimum absolute atomic E-state index is 0.553. The van der Waals surface area contributed by atoms with Gasteiger partial charge in [0.05, 0.1) is 34.3 Å². The predicted molar refractivity (Wildman–Crippen MR) is 202 cm³/mol. The number of rotatable bonds is 4. The third kappa shape index (κ3) is 4.42. The van der Waals surface area contributed by atoms with Crippen LogP contribution in [0.3, 0.4) is 0 Å².